The first-order valence-electron chi connectivity index (χ1n) is 15.0. The maximum Gasteiger partial charge on any atom is 0.224 e. The Kier molecular flexibility index (Phi) is 5.81. The number of piperidine rings is 1. The number of carbonyl (C=O) groups excluding carboxylic acids is 1. The number of hydrogen-bond acceptors (Lipinski definition) is 3. The number of hydrogen-bond donors (Lipinski definition) is 1. The summed E-state index contributed by atoms with van der Waals surface area (Å²) in [4.78, 5) is 15.5. The van der Waals surface area contributed by atoms with Crippen molar-refractivity contribution in [3.05, 3.63) is 11.6 Å². The van der Waals surface area contributed by atoms with E-state index in [0.29, 0.717) is 41.6 Å². The molecule has 0 radical (unpaired) electrons. The van der Waals surface area contributed by atoms with Crippen LogP contribution >= 0.6 is 0 Å². The summed E-state index contributed by atoms with van der Waals surface area (Å²) in [6, 6.07) is 0. The van der Waals surface area contributed by atoms with Crippen LogP contribution in [0.3, 0.4) is 0 Å². The predicted molar refractivity (Wildman–Crippen MR) is 138 cm³/mol. The van der Waals surface area contributed by atoms with Gasteiger partial charge in [-0.05, 0) is 105 Å². The minimum absolute atomic E-state index is 0.132. The second-order valence-corrected chi connectivity index (χ2v) is 14.1. The van der Waals surface area contributed by atoms with E-state index in [-0.39, 0.29) is 17.2 Å². The average Bonchev–Trinajstić information content (AvgIpc) is 3.27. The van der Waals surface area contributed by atoms with E-state index in [0.717, 1.165) is 56.4 Å². The summed E-state index contributed by atoms with van der Waals surface area (Å²) in [6.07, 6.45) is 14.5. The molecule has 3 saturated carbocycles. The molecule has 11 atom stereocenters. The van der Waals surface area contributed by atoms with Gasteiger partial charge in [-0.25, -0.2) is 0 Å². The molecule has 4 heteroatoms. The van der Waals surface area contributed by atoms with E-state index in [4.69, 9.17) is 4.74 Å². The molecule has 1 N–H and O–H groups in total. The molecule has 1 spiro atoms. The van der Waals surface area contributed by atoms with Crippen molar-refractivity contribution in [2.45, 2.75) is 123 Å². The highest BCUT2D eigenvalue weighted by molar-refractivity contribution is 5.77. The molecule has 0 aromatic carbocycles. The quantitative estimate of drug-likeness (QED) is 0.467. The van der Waals surface area contributed by atoms with Gasteiger partial charge >= 0.3 is 0 Å². The van der Waals surface area contributed by atoms with Crippen LogP contribution in [-0.4, -0.2) is 40.4 Å². The summed E-state index contributed by atoms with van der Waals surface area (Å²) in [6.45, 7) is 12.9. The monoisotopic (exact) mass is 483 g/mol. The predicted octanol–water partition coefficient (Wildman–Crippen LogP) is 6.33. The summed E-state index contributed by atoms with van der Waals surface area (Å²) in [7, 11) is 0. The van der Waals surface area contributed by atoms with Crippen molar-refractivity contribution in [1.82, 2.24) is 4.90 Å². The fourth-order valence-corrected chi connectivity index (χ4v) is 10.7. The first-order valence-corrected chi connectivity index (χ1v) is 15.0. The number of ether oxygens (including phenoxy) is 1. The van der Waals surface area contributed by atoms with Crippen molar-refractivity contribution in [3.63, 3.8) is 0 Å². The number of amides is 1. The normalized spacial score (nSPS) is 53.0. The van der Waals surface area contributed by atoms with E-state index >= 15 is 0 Å². The topological polar surface area (TPSA) is 49.8 Å². The Balaban J connectivity index is 1.29. The number of aliphatic hydroxyl groups excluding tert-OH is 1. The molecule has 1 amide bonds. The van der Waals surface area contributed by atoms with Gasteiger partial charge < -0.3 is 14.7 Å². The Morgan fingerprint density at radius 2 is 1.94 bits per heavy atom. The number of allylic oxidation sites excluding steroid dienone is 1. The fourth-order valence-electron chi connectivity index (χ4n) is 10.7. The van der Waals surface area contributed by atoms with Crippen LogP contribution in [0, 0.1) is 46.3 Å². The molecule has 6 rings (SSSR count). The Hall–Kier alpha value is -0.870. The van der Waals surface area contributed by atoms with Gasteiger partial charge in [-0.1, -0.05) is 46.3 Å². The van der Waals surface area contributed by atoms with Crippen LogP contribution in [0.5, 0.6) is 0 Å². The summed E-state index contributed by atoms with van der Waals surface area (Å²) in [5, 5.41) is 10.3. The first-order chi connectivity index (χ1) is 16.6. The van der Waals surface area contributed by atoms with E-state index in [9.17, 15) is 9.90 Å². The molecular formula is C31H49NO3. The fraction of sp³-hybridized carbons (Fsp3) is 0.903. The molecule has 2 aliphatic heterocycles. The van der Waals surface area contributed by atoms with E-state index in [1.165, 1.54) is 32.1 Å². The van der Waals surface area contributed by atoms with Crippen molar-refractivity contribution in [2.75, 3.05) is 6.54 Å². The third-order valence-electron chi connectivity index (χ3n) is 12.5. The van der Waals surface area contributed by atoms with Gasteiger partial charge in [-0.3, -0.25) is 4.79 Å². The van der Waals surface area contributed by atoms with Crippen molar-refractivity contribution in [2.24, 2.45) is 46.3 Å². The van der Waals surface area contributed by atoms with Gasteiger partial charge in [0.1, 0.15) is 5.72 Å². The molecular weight excluding hydrogens is 434 g/mol. The smallest absolute Gasteiger partial charge is 0.224 e. The maximum atomic E-state index is 13.3. The second kappa shape index (κ2) is 8.32. The molecule has 196 valence electrons. The van der Waals surface area contributed by atoms with Gasteiger partial charge in [0.05, 0.1) is 12.2 Å². The van der Waals surface area contributed by atoms with Gasteiger partial charge in [0.2, 0.25) is 5.91 Å². The van der Waals surface area contributed by atoms with Crippen molar-refractivity contribution < 1.29 is 14.6 Å². The van der Waals surface area contributed by atoms with E-state index < -0.39 is 0 Å². The van der Waals surface area contributed by atoms with Gasteiger partial charge in [-0.15, -0.1) is 0 Å². The largest absolute Gasteiger partial charge is 0.393 e. The maximum absolute atomic E-state index is 13.3. The van der Waals surface area contributed by atoms with Crippen LogP contribution in [-0.2, 0) is 9.53 Å². The van der Waals surface area contributed by atoms with E-state index in [2.05, 4.69) is 45.6 Å². The molecule has 0 unspecified atom stereocenters. The standard InChI is InChI=1S/C31H49NO3/c1-6-7-27(34)32-18-19(2)10-15-31(32)20(3)28-26(35-31)17-25-23-9-8-21-16-22(33)11-13-29(21,4)24(23)12-14-30(25,28)5/h8,19-20,22-26,28,33H,6-7,9-18H2,1-5H3/t19-,20+,22+,23-,24+,25+,26+,28+,29+,30+,31-/m1/s1. The molecule has 0 aromatic rings. The number of likely N-dealkylation sites (tertiary alicyclic amines) is 1. The molecule has 5 fully saturated rings. The zero-order valence-corrected chi connectivity index (χ0v) is 22.9. The Morgan fingerprint density at radius 1 is 1.14 bits per heavy atom. The minimum atomic E-state index is -0.371. The van der Waals surface area contributed by atoms with Crippen molar-refractivity contribution in [1.29, 1.82) is 0 Å². The SMILES string of the molecule is CCCC(=O)N1C[C@H](C)CC[C@]12O[C@H]1C[C@H]3[C@@H]4CC=C5C[C@@H](O)CC[C@]5(C)[C@H]4CC[C@]3(C)[C@H]1[C@@H]2C. The number of aliphatic hydroxyl groups is 1. The average molecular weight is 484 g/mol. The van der Waals surface area contributed by atoms with Crippen LogP contribution in [0.4, 0.5) is 0 Å². The van der Waals surface area contributed by atoms with Crippen molar-refractivity contribution in [3.8, 4) is 0 Å². The van der Waals surface area contributed by atoms with E-state index in [1.807, 2.05) is 0 Å². The lowest BCUT2D eigenvalue weighted by Crippen LogP contribution is -2.60. The lowest BCUT2D eigenvalue weighted by atomic mass is 9.47. The van der Waals surface area contributed by atoms with Gasteiger partial charge in [0.15, 0.2) is 0 Å². The van der Waals surface area contributed by atoms with Crippen LogP contribution in [0.1, 0.15) is 105 Å². The third-order valence-corrected chi connectivity index (χ3v) is 12.5. The summed E-state index contributed by atoms with van der Waals surface area (Å²) >= 11 is 0. The molecule has 6 aliphatic rings. The summed E-state index contributed by atoms with van der Waals surface area (Å²) < 4.78 is 7.19. The number of carbonyl (C=O) groups is 1. The minimum Gasteiger partial charge on any atom is -0.393 e. The summed E-state index contributed by atoms with van der Waals surface area (Å²) in [5.74, 6) is 4.07. The number of fused-ring (bicyclic) bond motifs is 7. The highest BCUT2D eigenvalue weighted by Crippen LogP contribution is 2.70. The van der Waals surface area contributed by atoms with Crippen LogP contribution in [0.25, 0.3) is 0 Å². The van der Waals surface area contributed by atoms with E-state index in [1.54, 1.807) is 5.57 Å². The zero-order chi connectivity index (χ0) is 24.8. The first kappa shape index (κ1) is 24.5. The molecule has 35 heavy (non-hydrogen) atoms. The Bertz CT molecular complexity index is 900. The molecule has 0 aromatic heterocycles. The van der Waals surface area contributed by atoms with Gasteiger partial charge in [0.25, 0.3) is 0 Å². The van der Waals surface area contributed by atoms with Crippen LogP contribution in [0.2, 0.25) is 0 Å². The number of rotatable bonds is 2. The second-order valence-electron chi connectivity index (χ2n) is 14.1. The summed E-state index contributed by atoms with van der Waals surface area (Å²) in [5.41, 5.74) is 1.79. The lowest BCUT2D eigenvalue weighted by molar-refractivity contribution is -0.201. The lowest BCUT2D eigenvalue weighted by Gasteiger charge is -2.59. The van der Waals surface area contributed by atoms with Crippen LogP contribution in [0.15, 0.2) is 11.6 Å². The highest BCUT2D eigenvalue weighted by atomic mass is 16.5. The van der Waals surface area contributed by atoms with Crippen LogP contribution < -0.4 is 0 Å². The van der Waals surface area contributed by atoms with Crippen molar-refractivity contribution >= 4 is 5.91 Å². The number of nitrogens with zero attached hydrogens (tertiary/aromatic N) is 1. The third kappa shape index (κ3) is 3.33. The molecule has 0 bridgehead atoms. The zero-order valence-electron chi connectivity index (χ0n) is 22.9. The molecule has 2 heterocycles. The van der Waals surface area contributed by atoms with Gasteiger partial charge in [0, 0.05) is 18.9 Å². The Morgan fingerprint density at radius 3 is 2.71 bits per heavy atom. The highest BCUT2D eigenvalue weighted by Gasteiger charge is 2.69. The Labute approximate surface area is 213 Å². The van der Waals surface area contributed by atoms with Gasteiger partial charge in [-0.2, -0.15) is 0 Å². The molecule has 2 saturated heterocycles. The molecule has 4 aliphatic carbocycles. The molecule has 4 nitrogen and oxygen atoms in total.